The number of likely N-dealkylation sites (tertiary alicyclic amines) is 1. The van der Waals surface area contributed by atoms with Crippen LogP contribution >= 0.6 is 0 Å². The van der Waals surface area contributed by atoms with E-state index in [4.69, 9.17) is 4.74 Å². The van der Waals surface area contributed by atoms with Crippen LogP contribution in [0.5, 0.6) is 0 Å². The van der Waals surface area contributed by atoms with E-state index >= 15 is 0 Å². The summed E-state index contributed by atoms with van der Waals surface area (Å²) < 4.78 is 61.6. The monoisotopic (exact) mass is 567 g/mol. The van der Waals surface area contributed by atoms with Crippen LogP contribution < -0.4 is 15.5 Å². The number of carbonyl (C=O) groups excluding carboxylic acids is 1. The van der Waals surface area contributed by atoms with Crippen molar-refractivity contribution in [3.8, 4) is 0 Å². The van der Waals surface area contributed by atoms with Crippen LogP contribution in [0.4, 0.5) is 45.5 Å². The Balaban J connectivity index is 1.52. The Labute approximate surface area is 231 Å². The van der Waals surface area contributed by atoms with E-state index in [-0.39, 0.29) is 66.4 Å². The highest BCUT2D eigenvalue weighted by Crippen LogP contribution is 2.40. The molecule has 40 heavy (non-hydrogen) atoms. The molecule has 0 saturated carbocycles. The average molecular weight is 568 g/mol. The molecular formula is C27H37F4N7O2. The van der Waals surface area contributed by atoms with Gasteiger partial charge in [0.2, 0.25) is 5.95 Å². The fraction of sp³-hybridized carbons (Fsp3) is 0.593. The Morgan fingerprint density at radius 2 is 1.70 bits per heavy atom. The number of nitrogens with one attached hydrogen (secondary N) is 2. The molecule has 220 valence electrons. The number of aromatic nitrogens is 2. The van der Waals surface area contributed by atoms with E-state index in [1.165, 1.54) is 24.1 Å². The zero-order valence-corrected chi connectivity index (χ0v) is 23.7. The lowest BCUT2D eigenvalue weighted by molar-refractivity contribution is -0.137. The Hall–Kier alpha value is -3.35. The van der Waals surface area contributed by atoms with Crippen molar-refractivity contribution in [2.24, 2.45) is 0 Å². The summed E-state index contributed by atoms with van der Waals surface area (Å²) in [5, 5.41) is 5.99. The van der Waals surface area contributed by atoms with Crippen molar-refractivity contribution in [3.63, 3.8) is 0 Å². The summed E-state index contributed by atoms with van der Waals surface area (Å²) in [4.78, 5) is 25.3. The predicted octanol–water partition coefficient (Wildman–Crippen LogP) is 5.33. The molecule has 2 N–H and O–H groups in total. The van der Waals surface area contributed by atoms with E-state index in [1.54, 1.807) is 4.90 Å². The van der Waals surface area contributed by atoms with E-state index in [2.05, 4.69) is 60.2 Å². The largest absolute Gasteiger partial charge is 0.453 e. The van der Waals surface area contributed by atoms with Gasteiger partial charge in [-0.1, -0.05) is 0 Å². The van der Waals surface area contributed by atoms with Gasteiger partial charge in [-0.3, -0.25) is 4.90 Å². The van der Waals surface area contributed by atoms with Crippen molar-refractivity contribution >= 4 is 29.2 Å². The van der Waals surface area contributed by atoms with Gasteiger partial charge in [-0.05, 0) is 65.8 Å². The van der Waals surface area contributed by atoms with E-state index in [9.17, 15) is 22.4 Å². The number of halogens is 4. The highest BCUT2D eigenvalue weighted by Gasteiger charge is 2.43. The van der Waals surface area contributed by atoms with Crippen LogP contribution in [0.15, 0.2) is 24.4 Å². The van der Waals surface area contributed by atoms with Crippen LogP contribution in [-0.4, -0.2) is 83.3 Å². The summed E-state index contributed by atoms with van der Waals surface area (Å²) in [6, 6.07) is 3.81. The highest BCUT2D eigenvalue weighted by molar-refractivity contribution is 5.69. The molecule has 0 bridgehead atoms. The molecule has 0 atom stereocenters. The molecule has 0 radical (unpaired) electrons. The van der Waals surface area contributed by atoms with Gasteiger partial charge in [0.05, 0.1) is 18.9 Å². The lowest BCUT2D eigenvalue weighted by atomic mass is 9.77. The molecule has 9 nitrogen and oxygen atoms in total. The fourth-order valence-corrected chi connectivity index (χ4v) is 5.70. The molecular weight excluding hydrogens is 530 g/mol. The lowest BCUT2D eigenvalue weighted by Crippen LogP contribution is -2.61. The molecule has 2 saturated heterocycles. The fourth-order valence-electron chi connectivity index (χ4n) is 5.70. The SMILES string of the molecule is COC(=O)N1CCN(c2ccc(Nc3ncc(F)c(NC4CC(C)(C)N(C)C(C)(C)C4)n3)cc2C(F)(F)F)CC1. The van der Waals surface area contributed by atoms with Crippen LogP contribution in [0, 0.1) is 5.82 Å². The van der Waals surface area contributed by atoms with E-state index in [0.29, 0.717) is 0 Å². The van der Waals surface area contributed by atoms with Crippen molar-refractivity contribution in [1.82, 2.24) is 19.8 Å². The number of amides is 1. The number of rotatable bonds is 5. The maximum absolute atomic E-state index is 14.7. The quantitative estimate of drug-likeness (QED) is 0.469. The van der Waals surface area contributed by atoms with Gasteiger partial charge in [-0.2, -0.15) is 18.2 Å². The van der Waals surface area contributed by atoms with Crippen molar-refractivity contribution in [3.05, 3.63) is 35.8 Å². The third kappa shape index (κ3) is 6.34. The maximum Gasteiger partial charge on any atom is 0.418 e. The summed E-state index contributed by atoms with van der Waals surface area (Å²) in [7, 11) is 3.34. The molecule has 1 aromatic heterocycles. The topological polar surface area (TPSA) is 85.9 Å². The Morgan fingerprint density at radius 3 is 2.27 bits per heavy atom. The molecule has 0 aliphatic carbocycles. The number of nitrogens with zero attached hydrogens (tertiary/aromatic N) is 5. The van der Waals surface area contributed by atoms with Crippen LogP contribution in [0.2, 0.25) is 0 Å². The summed E-state index contributed by atoms with van der Waals surface area (Å²) in [6.07, 6.45) is -2.63. The molecule has 0 unspecified atom stereocenters. The number of methoxy groups -OCH3 is 1. The third-order valence-electron chi connectivity index (χ3n) is 8.00. The smallest absolute Gasteiger partial charge is 0.418 e. The molecule has 2 aliphatic heterocycles. The van der Waals surface area contributed by atoms with Gasteiger partial charge in [0.25, 0.3) is 0 Å². The number of benzene rings is 1. The Bertz CT molecular complexity index is 1210. The first kappa shape index (κ1) is 29.6. The number of ether oxygens (including phenoxy) is 1. The minimum absolute atomic E-state index is 0.00482. The summed E-state index contributed by atoms with van der Waals surface area (Å²) >= 11 is 0. The van der Waals surface area contributed by atoms with E-state index in [0.717, 1.165) is 25.1 Å². The third-order valence-corrected chi connectivity index (χ3v) is 8.00. The number of hydrogen-bond acceptors (Lipinski definition) is 8. The molecule has 2 aromatic rings. The molecule has 2 aliphatic rings. The zero-order valence-electron chi connectivity index (χ0n) is 23.7. The standard InChI is InChI=1S/C27H37F4N7O2/c1-25(2)14-18(15-26(3,4)36(25)5)33-22-20(28)16-32-23(35-22)34-17-7-8-21(19(13-17)27(29,30)31)37-9-11-38(12-10-37)24(39)40-6/h7-8,13,16,18H,9-12,14-15H2,1-6H3,(H2,32,33,34,35). The molecule has 1 amide bonds. The minimum Gasteiger partial charge on any atom is -0.453 e. The molecule has 3 heterocycles. The van der Waals surface area contributed by atoms with Crippen molar-refractivity contribution in [1.29, 1.82) is 0 Å². The molecule has 0 spiro atoms. The summed E-state index contributed by atoms with van der Waals surface area (Å²) in [5.74, 6) is -0.671. The Kier molecular flexibility index (Phi) is 8.08. The van der Waals surface area contributed by atoms with Crippen LogP contribution in [0.3, 0.4) is 0 Å². The number of carbonyl (C=O) groups is 1. The first-order valence-corrected chi connectivity index (χ1v) is 13.2. The first-order chi connectivity index (χ1) is 18.6. The van der Waals surface area contributed by atoms with Gasteiger partial charge >= 0.3 is 12.3 Å². The minimum atomic E-state index is -4.63. The van der Waals surface area contributed by atoms with Gasteiger partial charge in [-0.15, -0.1) is 0 Å². The number of piperidine rings is 1. The summed E-state index contributed by atoms with van der Waals surface area (Å²) in [6.45, 7) is 9.47. The van der Waals surface area contributed by atoms with E-state index < -0.39 is 23.7 Å². The highest BCUT2D eigenvalue weighted by atomic mass is 19.4. The number of hydrogen-bond donors (Lipinski definition) is 2. The van der Waals surface area contributed by atoms with Crippen LogP contribution in [0.25, 0.3) is 0 Å². The van der Waals surface area contributed by atoms with Crippen LogP contribution in [0.1, 0.15) is 46.1 Å². The lowest BCUT2D eigenvalue weighted by Gasteiger charge is -2.53. The summed E-state index contributed by atoms with van der Waals surface area (Å²) in [5.41, 5.74) is -0.974. The van der Waals surface area contributed by atoms with Gasteiger partial charge < -0.3 is 25.2 Å². The molecule has 2 fully saturated rings. The van der Waals surface area contributed by atoms with Gasteiger partial charge in [0.15, 0.2) is 11.6 Å². The molecule has 1 aromatic carbocycles. The second-order valence-corrected chi connectivity index (χ2v) is 11.6. The second-order valence-electron chi connectivity index (χ2n) is 11.6. The van der Waals surface area contributed by atoms with Gasteiger partial charge in [0.1, 0.15) is 0 Å². The van der Waals surface area contributed by atoms with Crippen LogP contribution in [-0.2, 0) is 10.9 Å². The number of anilines is 4. The molecule has 13 heteroatoms. The molecule has 4 rings (SSSR count). The van der Waals surface area contributed by atoms with Crippen molar-refractivity contribution in [2.75, 3.05) is 55.9 Å². The average Bonchev–Trinajstić information content (AvgIpc) is 2.88. The zero-order chi connectivity index (χ0) is 29.5. The second kappa shape index (κ2) is 10.9. The van der Waals surface area contributed by atoms with Gasteiger partial charge in [-0.25, -0.2) is 14.2 Å². The number of piperazine rings is 1. The maximum atomic E-state index is 14.7. The number of alkyl halides is 3. The van der Waals surface area contributed by atoms with E-state index in [1.807, 2.05) is 0 Å². The first-order valence-electron chi connectivity index (χ1n) is 13.2. The van der Waals surface area contributed by atoms with Crippen molar-refractivity contribution < 1.29 is 27.1 Å². The van der Waals surface area contributed by atoms with Gasteiger partial charge in [0, 0.05) is 54.7 Å². The normalized spacial score (nSPS) is 19.9. The predicted molar refractivity (Wildman–Crippen MR) is 145 cm³/mol. The van der Waals surface area contributed by atoms with Crippen molar-refractivity contribution in [2.45, 2.75) is 63.8 Å². The Morgan fingerprint density at radius 1 is 1.07 bits per heavy atom.